The van der Waals surface area contributed by atoms with E-state index in [1.807, 2.05) is 48.5 Å². The minimum atomic E-state index is -0.931. The molecule has 0 spiro atoms. The first-order valence-corrected chi connectivity index (χ1v) is 11.7. The molecule has 0 unspecified atom stereocenters. The van der Waals surface area contributed by atoms with Crippen molar-refractivity contribution in [2.45, 2.75) is 51.0 Å². The number of rotatable bonds is 8. The SMILES string of the molecule is CC(C)(C(=O)O)c1ccc(CC[N+]2([O-])CCC(c3nc4ccccc4n3CCO)CC2)cc1. The van der Waals surface area contributed by atoms with Crippen LogP contribution in [0.2, 0.25) is 0 Å². The van der Waals surface area contributed by atoms with Gasteiger partial charge in [0, 0.05) is 31.7 Å². The lowest BCUT2D eigenvalue weighted by Crippen LogP contribution is -2.49. The van der Waals surface area contributed by atoms with E-state index in [0.717, 1.165) is 40.8 Å². The maximum Gasteiger partial charge on any atom is 0.313 e. The van der Waals surface area contributed by atoms with Gasteiger partial charge in [0.25, 0.3) is 0 Å². The largest absolute Gasteiger partial charge is 0.633 e. The van der Waals surface area contributed by atoms with Gasteiger partial charge in [-0.1, -0.05) is 36.4 Å². The Balaban J connectivity index is 1.39. The number of carboxylic acid groups (broad SMARTS) is 1. The zero-order chi connectivity index (χ0) is 23.6. The third-order valence-electron chi connectivity index (χ3n) is 7.16. The fraction of sp³-hybridized carbons (Fsp3) is 0.462. The molecule has 2 heterocycles. The van der Waals surface area contributed by atoms with Crippen molar-refractivity contribution in [2.75, 3.05) is 26.2 Å². The van der Waals surface area contributed by atoms with Gasteiger partial charge in [-0.25, -0.2) is 4.98 Å². The van der Waals surface area contributed by atoms with Gasteiger partial charge >= 0.3 is 5.97 Å². The summed E-state index contributed by atoms with van der Waals surface area (Å²) in [5.41, 5.74) is 2.85. The molecule has 0 aliphatic carbocycles. The highest BCUT2D eigenvalue weighted by atomic mass is 16.5. The first-order chi connectivity index (χ1) is 15.7. The van der Waals surface area contributed by atoms with Crippen LogP contribution in [0.5, 0.6) is 0 Å². The van der Waals surface area contributed by atoms with Crippen LogP contribution in [0.25, 0.3) is 11.0 Å². The van der Waals surface area contributed by atoms with Crippen molar-refractivity contribution in [1.82, 2.24) is 9.55 Å². The van der Waals surface area contributed by atoms with Crippen molar-refractivity contribution >= 4 is 17.0 Å². The van der Waals surface area contributed by atoms with Crippen LogP contribution in [0.15, 0.2) is 48.5 Å². The average molecular weight is 452 g/mol. The van der Waals surface area contributed by atoms with Gasteiger partial charge in [0.1, 0.15) is 5.82 Å². The second-order valence-corrected chi connectivity index (χ2v) is 9.71. The molecule has 3 aromatic rings. The smallest absolute Gasteiger partial charge is 0.313 e. The Morgan fingerprint density at radius 2 is 1.82 bits per heavy atom. The summed E-state index contributed by atoms with van der Waals surface area (Å²) >= 11 is 0. The van der Waals surface area contributed by atoms with Crippen molar-refractivity contribution in [2.24, 2.45) is 0 Å². The van der Waals surface area contributed by atoms with Crippen LogP contribution in [0.1, 0.15) is 49.6 Å². The molecule has 176 valence electrons. The molecular formula is C26H33N3O4. The highest BCUT2D eigenvalue weighted by molar-refractivity contribution is 5.80. The van der Waals surface area contributed by atoms with Crippen LogP contribution in [-0.2, 0) is 23.2 Å². The number of para-hydroxylation sites is 2. The Morgan fingerprint density at radius 3 is 2.45 bits per heavy atom. The molecule has 1 aliphatic rings. The van der Waals surface area contributed by atoms with E-state index in [-0.39, 0.29) is 17.2 Å². The van der Waals surface area contributed by atoms with E-state index in [9.17, 15) is 20.2 Å². The lowest BCUT2D eigenvalue weighted by atomic mass is 9.84. The number of likely N-dealkylation sites (tertiary alicyclic amines) is 1. The molecule has 1 saturated heterocycles. The zero-order valence-electron chi connectivity index (χ0n) is 19.4. The molecule has 0 bridgehead atoms. The molecule has 0 radical (unpaired) electrons. The number of carboxylic acids is 1. The number of fused-ring (bicyclic) bond motifs is 1. The molecule has 1 fully saturated rings. The summed E-state index contributed by atoms with van der Waals surface area (Å²) in [6, 6.07) is 15.6. The molecule has 1 aliphatic heterocycles. The number of imidazole rings is 1. The summed E-state index contributed by atoms with van der Waals surface area (Å²) in [5.74, 6) is 0.351. The molecule has 1 aromatic heterocycles. The van der Waals surface area contributed by atoms with Gasteiger partial charge in [0.15, 0.2) is 0 Å². The molecule has 4 rings (SSSR count). The number of hydrogen-bond donors (Lipinski definition) is 2. The van der Waals surface area contributed by atoms with E-state index < -0.39 is 11.4 Å². The molecule has 2 aromatic carbocycles. The van der Waals surface area contributed by atoms with Crippen molar-refractivity contribution in [3.05, 3.63) is 70.7 Å². The number of aliphatic hydroxyl groups is 1. The second kappa shape index (κ2) is 9.25. The minimum Gasteiger partial charge on any atom is -0.633 e. The monoisotopic (exact) mass is 451 g/mol. The van der Waals surface area contributed by atoms with Crippen molar-refractivity contribution in [3.63, 3.8) is 0 Å². The molecule has 0 amide bonds. The van der Waals surface area contributed by atoms with E-state index in [2.05, 4.69) is 4.57 Å². The van der Waals surface area contributed by atoms with Gasteiger partial charge < -0.3 is 24.6 Å². The van der Waals surface area contributed by atoms with Crippen LogP contribution < -0.4 is 0 Å². The summed E-state index contributed by atoms with van der Waals surface area (Å²) in [6.07, 6.45) is 2.24. The summed E-state index contributed by atoms with van der Waals surface area (Å²) in [4.78, 5) is 16.3. The number of carbonyl (C=O) groups is 1. The normalized spacial score (nSPS) is 21.4. The van der Waals surface area contributed by atoms with Crippen molar-refractivity contribution in [1.29, 1.82) is 0 Å². The molecule has 2 N–H and O–H groups in total. The molecule has 0 atom stereocenters. The third kappa shape index (κ3) is 4.81. The average Bonchev–Trinajstić information content (AvgIpc) is 3.17. The maximum absolute atomic E-state index is 13.4. The number of aliphatic carboxylic acids is 1. The number of aliphatic hydroxyl groups excluding tert-OH is 1. The Morgan fingerprint density at radius 1 is 1.15 bits per heavy atom. The Hall–Kier alpha value is -2.74. The summed E-state index contributed by atoms with van der Waals surface area (Å²) in [5, 5.41) is 32.3. The lowest BCUT2D eigenvalue weighted by molar-refractivity contribution is -0.885. The number of aromatic nitrogens is 2. The third-order valence-corrected chi connectivity index (χ3v) is 7.16. The number of piperidine rings is 1. The van der Waals surface area contributed by atoms with E-state index in [1.165, 1.54) is 0 Å². The number of nitrogens with zero attached hydrogens (tertiary/aromatic N) is 3. The predicted octanol–water partition coefficient (Wildman–Crippen LogP) is 3.83. The molecule has 7 heteroatoms. The van der Waals surface area contributed by atoms with E-state index >= 15 is 0 Å². The zero-order valence-corrected chi connectivity index (χ0v) is 19.4. The van der Waals surface area contributed by atoms with E-state index in [1.54, 1.807) is 13.8 Å². The Bertz CT molecular complexity index is 1110. The van der Waals surface area contributed by atoms with Gasteiger partial charge in [0.05, 0.1) is 42.7 Å². The Kier molecular flexibility index (Phi) is 6.56. The number of quaternary nitrogens is 1. The van der Waals surface area contributed by atoms with Gasteiger partial charge in [-0.2, -0.15) is 0 Å². The number of benzene rings is 2. The van der Waals surface area contributed by atoms with Crippen LogP contribution in [0, 0.1) is 5.21 Å². The second-order valence-electron chi connectivity index (χ2n) is 9.71. The van der Waals surface area contributed by atoms with Crippen LogP contribution >= 0.6 is 0 Å². The first kappa shape index (κ1) is 23.4. The topological polar surface area (TPSA) is 98.4 Å². The number of hydrogen-bond acceptors (Lipinski definition) is 4. The fourth-order valence-electron chi connectivity index (χ4n) is 4.81. The van der Waals surface area contributed by atoms with Crippen molar-refractivity contribution in [3.8, 4) is 0 Å². The lowest BCUT2D eigenvalue weighted by Gasteiger charge is -2.47. The molecule has 7 nitrogen and oxygen atoms in total. The van der Waals surface area contributed by atoms with E-state index in [0.29, 0.717) is 32.6 Å². The first-order valence-electron chi connectivity index (χ1n) is 11.7. The van der Waals surface area contributed by atoms with Crippen LogP contribution in [0.4, 0.5) is 0 Å². The van der Waals surface area contributed by atoms with Crippen LogP contribution in [0.3, 0.4) is 0 Å². The maximum atomic E-state index is 13.4. The standard InChI is InChI=1S/C26H33N3O4/c1-26(2,25(31)32)21-9-7-19(8-10-21)11-15-29(33)16-12-20(13-17-29)24-27-22-5-3-4-6-23(22)28(24)14-18-30/h3-10,20,30H,11-18H2,1-2H3,(H,31,32). The highest BCUT2D eigenvalue weighted by Crippen LogP contribution is 2.33. The van der Waals surface area contributed by atoms with Crippen molar-refractivity contribution < 1.29 is 19.7 Å². The van der Waals surface area contributed by atoms with Gasteiger partial charge in [-0.15, -0.1) is 0 Å². The van der Waals surface area contributed by atoms with Gasteiger partial charge in [-0.05, 0) is 37.1 Å². The van der Waals surface area contributed by atoms with Gasteiger partial charge in [0.2, 0.25) is 0 Å². The summed E-state index contributed by atoms with van der Waals surface area (Å²) in [7, 11) is 0. The quantitative estimate of drug-likeness (QED) is 0.401. The minimum absolute atomic E-state index is 0.0596. The predicted molar refractivity (Wildman–Crippen MR) is 128 cm³/mol. The fourth-order valence-corrected chi connectivity index (χ4v) is 4.81. The van der Waals surface area contributed by atoms with Gasteiger partial charge in [-0.3, -0.25) is 4.79 Å². The summed E-state index contributed by atoms with van der Waals surface area (Å²) < 4.78 is 1.89. The molecule has 33 heavy (non-hydrogen) atoms. The molecule has 0 saturated carbocycles. The molecular weight excluding hydrogens is 418 g/mol. The Labute approximate surface area is 194 Å². The number of hydroxylamine groups is 3. The van der Waals surface area contributed by atoms with E-state index in [4.69, 9.17) is 4.98 Å². The summed E-state index contributed by atoms with van der Waals surface area (Å²) in [6.45, 7) is 5.58. The highest BCUT2D eigenvalue weighted by Gasteiger charge is 2.31. The van der Waals surface area contributed by atoms with Crippen LogP contribution in [-0.4, -0.2) is 56.6 Å².